The van der Waals surface area contributed by atoms with Crippen LogP contribution in [-0.4, -0.2) is 28.9 Å². The predicted octanol–water partition coefficient (Wildman–Crippen LogP) is 3.76. The topological polar surface area (TPSA) is 83.6 Å². The van der Waals surface area contributed by atoms with Crippen LogP contribution in [-0.2, 0) is 0 Å². The highest BCUT2D eigenvalue weighted by Crippen LogP contribution is 2.37. The molecule has 2 heterocycles. The number of aromatic nitrogens is 1. The number of ether oxygens (including phenoxy) is 1. The Morgan fingerprint density at radius 1 is 1.17 bits per heavy atom. The van der Waals surface area contributed by atoms with Crippen LogP contribution >= 0.6 is 15.9 Å². The quantitative estimate of drug-likeness (QED) is 0.629. The number of carbonyl (C=O) groups excluding carboxylic acids is 2. The van der Waals surface area contributed by atoms with E-state index in [4.69, 9.17) is 4.74 Å². The second-order valence-electron chi connectivity index (χ2n) is 6.33. The Morgan fingerprint density at radius 3 is 2.69 bits per heavy atom. The maximum Gasteiger partial charge on any atom is 0.276 e. The van der Waals surface area contributed by atoms with Gasteiger partial charge >= 0.3 is 0 Å². The van der Waals surface area contributed by atoms with Crippen molar-refractivity contribution in [1.82, 2.24) is 15.4 Å². The third kappa shape index (κ3) is 3.66. The van der Waals surface area contributed by atoms with Crippen molar-refractivity contribution in [2.24, 2.45) is 0 Å². The normalized spacial score (nSPS) is 15.3. The zero-order chi connectivity index (χ0) is 20.4. The molecule has 1 atom stereocenters. The molecule has 0 spiro atoms. The standard InChI is InChI=1S/C21H17BrN4O3/c1-29-18-7-6-14(22)12-16(18)19-24-17-5-3-2-4-15(17)21(28)26(19)25-20(27)13-8-10-23-11-9-13/h2-12,19,24H,1H3,(H,25,27)/t19-/m0/s1. The molecule has 2 N–H and O–H groups in total. The second kappa shape index (κ2) is 7.92. The number of nitrogens with one attached hydrogen (secondary N) is 2. The van der Waals surface area contributed by atoms with Gasteiger partial charge in [0.2, 0.25) is 0 Å². The van der Waals surface area contributed by atoms with Gasteiger partial charge in [-0.25, -0.2) is 5.01 Å². The summed E-state index contributed by atoms with van der Waals surface area (Å²) in [5.74, 6) is -0.157. The van der Waals surface area contributed by atoms with Gasteiger partial charge in [0.05, 0.1) is 12.7 Å². The van der Waals surface area contributed by atoms with Crippen LogP contribution in [0.3, 0.4) is 0 Å². The Morgan fingerprint density at radius 2 is 1.93 bits per heavy atom. The molecule has 3 aromatic rings. The van der Waals surface area contributed by atoms with Crippen molar-refractivity contribution < 1.29 is 14.3 Å². The average Bonchev–Trinajstić information content (AvgIpc) is 2.76. The molecule has 29 heavy (non-hydrogen) atoms. The summed E-state index contributed by atoms with van der Waals surface area (Å²) < 4.78 is 6.32. The fourth-order valence-corrected chi connectivity index (χ4v) is 3.56. The SMILES string of the molecule is COc1ccc(Br)cc1[C@H]1Nc2ccccc2C(=O)N1NC(=O)c1ccncc1. The Bertz CT molecular complexity index is 1070. The lowest BCUT2D eigenvalue weighted by atomic mass is 10.0. The van der Waals surface area contributed by atoms with Gasteiger partial charge in [-0.1, -0.05) is 28.1 Å². The third-order valence-corrected chi connectivity index (χ3v) is 5.07. The highest BCUT2D eigenvalue weighted by atomic mass is 79.9. The van der Waals surface area contributed by atoms with Crippen LogP contribution in [0, 0.1) is 0 Å². The Kier molecular flexibility index (Phi) is 5.18. The number of amides is 2. The Balaban J connectivity index is 1.78. The van der Waals surface area contributed by atoms with Crippen LogP contribution in [0.2, 0.25) is 0 Å². The molecule has 1 aliphatic heterocycles. The number of hydrogen-bond donors (Lipinski definition) is 2. The van der Waals surface area contributed by atoms with Gasteiger partial charge in [-0.15, -0.1) is 0 Å². The first kappa shape index (κ1) is 18.9. The number of nitrogens with zero attached hydrogens (tertiary/aromatic N) is 2. The lowest BCUT2D eigenvalue weighted by Crippen LogP contribution is -2.53. The zero-order valence-electron chi connectivity index (χ0n) is 15.4. The maximum absolute atomic E-state index is 13.3. The summed E-state index contributed by atoms with van der Waals surface area (Å²) in [5, 5.41) is 4.62. The van der Waals surface area contributed by atoms with E-state index in [2.05, 4.69) is 31.7 Å². The van der Waals surface area contributed by atoms with E-state index in [1.165, 1.54) is 17.4 Å². The number of anilines is 1. The number of benzene rings is 2. The number of carbonyl (C=O) groups is 2. The molecule has 0 saturated heterocycles. The molecule has 0 radical (unpaired) electrons. The van der Waals surface area contributed by atoms with Crippen molar-refractivity contribution in [1.29, 1.82) is 0 Å². The van der Waals surface area contributed by atoms with Crippen molar-refractivity contribution in [3.8, 4) is 5.75 Å². The molecule has 2 aromatic carbocycles. The first-order chi connectivity index (χ1) is 14.1. The predicted molar refractivity (Wildman–Crippen MR) is 111 cm³/mol. The number of methoxy groups -OCH3 is 1. The summed E-state index contributed by atoms with van der Waals surface area (Å²) in [6.45, 7) is 0. The molecule has 4 rings (SSSR count). The van der Waals surface area contributed by atoms with Gasteiger partial charge in [0.1, 0.15) is 5.75 Å². The van der Waals surface area contributed by atoms with Crippen molar-refractivity contribution in [2.45, 2.75) is 6.17 Å². The fraction of sp³-hybridized carbons (Fsp3) is 0.0952. The van der Waals surface area contributed by atoms with Crippen LogP contribution in [0.1, 0.15) is 32.4 Å². The van der Waals surface area contributed by atoms with Crippen LogP contribution in [0.25, 0.3) is 0 Å². The molecule has 0 fully saturated rings. The van der Waals surface area contributed by atoms with E-state index in [1.807, 2.05) is 24.3 Å². The number of hydrogen-bond acceptors (Lipinski definition) is 5. The fourth-order valence-electron chi connectivity index (χ4n) is 3.18. The average molecular weight is 453 g/mol. The highest BCUT2D eigenvalue weighted by Gasteiger charge is 2.36. The summed E-state index contributed by atoms with van der Waals surface area (Å²) in [5.41, 5.74) is 4.96. The minimum Gasteiger partial charge on any atom is -0.496 e. The van der Waals surface area contributed by atoms with Crippen molar-refractivity contribution in [3.63, 3.8) is 0 Å². The van der Waals surface area contributed by atoms with Crippen molar-refractivity contribution >= 4 is 33.4 Å². The lowest BCUT2D eigenvalue weighted by Gasteiger charge is -2.38. The number of rotatable bonds is 4. The largest absolute Gasteiger partial charge is 0.496 e. The Labute approximate surface area is 175 Å². The zero-order valence-corrected chi connectivity index (χ0v) is 17.0. The molecule has 0 saturated carbocycles. The summed E-state index contributed by atoms with van der Waals surface area (Å²) in [7, 11) is 1.56. The minimum atomic E-state index is -0.671. The van der Waals surface area contributed by atoms with Gasteiger partial charge in [-0.2, -0.15) is 0 Å². The van der Waals surface area contributed by atoms with E-state index in [0.29, 0.717) is 28.1 Å². The third-order valence-electron chi connectivity index (χ3n) is 4.58. The van der Waals surface area contributed by atoms with Crippen LogP contribution in [0.5, 0.6) is 5.75 Å². The van der Waals surface area contributed by atoms with Crippen LogP contribution in [0.15, 0.2) is 71.5 Å². The van der Waals surface area contributed by atoms with E-state index in [1.54, 1.807) is 37.4 Å². The number of para-hydroxylation sites is 1. The van der Waals surface area contributed by atoms with Gasteiger partial charge < -0.3 is 10.1 Å². The molecule has 146 valence electrons. The van der Waals surface area contributed by atoms with Gasteiger partial charge in [-0.3, -0.25) is 20.0 Å². The van der Waals surface area contributed by atoms with E-state index >= 15 is 0 Å². The minimum absolute atomic E-state index is 0.325. The molecule has 1 aliphatic rings. The number of pyridine rings is 1. The molecule has 0 bridgehead atoms. The first-order valence-corrected chi connectivity index (χ1v) is 9.61. The molecule has 1 aromatic heterocycles. The maximum atomic E-state index is 13.3. The summed E-state index contributed by atoms with van der Waals surface area (Å²) >= 11 is 3.47. The molecule has 0 aliphatic carbocycles. The summed E-state index contributed by atoms with van der Waals surface area (Å²) in [6.07, 6.45) is 2.38. The van der Waals surface area contributed by atoms with E-state index in [9.17, 15) is 9.59 Å². The Hall–Kier alpha value is -3.39. The van der Waals surface area contributed by atoms with Gasteiger partial charge in [-0.05, 0) is 42.5 Å². The molecule has 2 amide bonds. The molecule has 0 unspecified atom stereocenters. The van der Waals surface area contributed by atoms with Crippen molar-refractivity contribution in [2.75, 3.05) is 12.4 Å². The first-order valence-electron chi connectivity index (χ1n) is 8.82. The second-order valence-corrected chi connectivity index (χ2v) is 7.25. The molecular formula is C21H17BrN4O3. The van der Waals surface area contributed by atoms with Gasteiger partial charge in [0.15, 0.2) is 6.17 Å². The van der Waals surface area contributed by atoms with Crippen LogP contribution in [0.4, 0.5) is 5.69 Å². The van der Waals surface area contributed by atoms with Gasteiger partial charge in [0, 0.05) is 33.7 Å². The summed E-state index contributed by atoms with van der Waals surface area (Å²) in [6, 6.07) is 15.8. The molecule has 7 nitrogen and oxygen atoms in total. The van der Waals surface area contributed by atoms with Crippen LogP contribution < -0.4 is 15.5 Å². The van der Waals surface area contributed by atoms with Gasteiger partial charge in [0.25, 0.3) is 11.8 Å². The van der Waals surface area contributed by atoms with Crippen molar-refractivity contribution in [3.05, 3.63) is 88.2 Å². The highest BCUT2D eigenvalue weighted by molar-refractivity contribution is 9.10. The van der Waals surface area contributed by atoms with E-state index in [0.717, 1.165) is 4.47 Å². The molecular weight excluding hydrogens is 436 g/mol. The number of halogens is 1. The number of hydrazine groups is 1. The smallest absolute Gasteiger partial charge is 0.276 e. The monoisotopic (exact) mass is 452 g/mol. The van der Waals surface area contributed by atoms with E-state index < -0.39 is 12.1 Å². The number of fused-ring (bicyclic) bond motifs is 1. The molecule has 8 heteroatoms. The lowest BCUT2D eigenvalue weighted by molar-refractivity contribution is 0.0488. The van der Waals surface area contributed by atoms with E-state index in [-0.39, 0.29) is 5.91 Å². The summed E-state index contributed by atoms with van der Waals surface area (Å²) in [4.78, 5) is 29.9.